The standard InChI is InChI=1S/C14H15N5O/c1-9-16-13(8-14(20)17-9)19-11-5-3-2-4-10(11)18-12(19)6-7-15/h2-5,8H,6-7,15H2,1H3,(H,16,17,20). The number of aromatic amines is 1. The molecule has 3 N–H and O–H groups in total. The second kappa shape index (κ2) is 4.90. The highest BCUT2D eigenvalue weighted by Crippen LogP contribution is 2.19. The molecule has 3 aromatic rings. The fraction of sp³-hybridized carbons (Fsp3) is 0.214. The average Bonchev–Trinajstić information content (AvgIpc) is 2.76. The number of aryl methyl sites for hydroxylation is 1. The maximum absolute atomic E-state index is 11.7. The number of nitrogens with one attached hydrogen (secondary N) is 1. The molecule has 3 rings (SSSR count). The maximum atomic E-state index is 11.7. The summed E-state index contributed by atoms with van der Waals surface area (Å²) in [5, 5.41) is 0. The van der Waals surface area contributed by atoms with E-state index in [4.69, 9.17) is 5.73 Å². The molecule has 20 heavy (non-hydrogen) atoms. The fourth-order valence-corrected chi connectivity index (χ4v) is 2.31. The van der Waals surface area contributed by atoms with Gasteiger partial charge in [0.2, 0.25) is 0 Å². The average molecular weight is 269 g/mol. The summed E-state index contributed by atoms with van der Waals surface area (Å²) < 4.78 is 1.89. The fourth-order valence-electron chi connectivity index (χ4n) is 2.31. The summed E-state index contributed by atoms with van der Waals surface area (Å²) in [6.45, 7) is 2.25. The minimum atomic E-state index is -0.177. The topological polar surface area (TPSA) is 89.6 Å². The smallest absolute Gasteiger partial charge is 0.253 e. The van der Waals surface area contributed by atoms with Crippen molar-refractivity contribution >= 4 is 11.0 Å². The zero-order chi connectivity index (χ0) is 14.1. The molecule has 102 valence electrons. The molecule has 0 spiro atoms. The van der Waals surface area contributed by atoms with Crippen molar-refractivity contribution in [2.24, 2.45) is 5.73 Å². The summed E-state index contributed by atoms with van der Waals surface area (Å²) in [4.78, 5) is 23.3. The Labute approximate surface area is 115 Å². The molecule has 0 saturated heterocycles. The Balaban J connectivity index is 2.32. The Morgan fingerprint density at radius 1 is 1.30 bits per heavy atom. The van der Waals surface area contributed by atoms with Crippen molar-refractivity contribution in [2.45, 2.75) is 13.3 Å². The third-order valence-electron chi connectivity index (χ3n) is 3.07. The Bertz CT molecular complexity index is 818. The van der Waals surface area contributed by atoms with E-state index in [0.717, 1.165) is 16.9 Å². The first kappa shape index (κ1) is 12.6. The quantitative estimate of drug-likeness (QED) is 0.739. The van der Waals surface area contributed by atoms with E-state index in [9.17, 15) is 4.79 Å². The second-order valence-electron chi connectivity index (χ2n) is 4.58. The van der Waals surface area contributed by atoms with Crippen LogP contribution in [-0.2, 0) is 6.42 Å². The minimum Gasteiger partial charge on any atom is -0.330 e. The molecule has 0 aliphatic rings. The molecule has 2 heterocycles. The molecule has 6 heteroatoms. The van der Waals surface area contributed by atoms with Gasteiger partial charge in [-0.2, -0.15) is 0 Å². The lowest BCUT2D eigenvalue weighted by Gasteiger charge is -2.08. The molecular weight excluding hydrogens is 254 g/mol. The second-order valence-corrected chi connectivity index (χ2v) is 4.58. The van der Waals surface area contributed by atoms with Crippen molar-refractivity contribution < 1.29 is 0 Å². The van der Waals surface area contributed by atoms with E-state index in [1.807, 2.05) is 28.8 Å². The molecule has 0 saturated carbocycles. The largest absolute Gasteiger partial charge is 0.330 e. The van der Waals surface area contributed by atoms with Crippen molar-refractivity contribution in [1.82, 2.24) is 19.5 Å². The summed E-state index contributed by atoms with van der Waals surface area (Å²) in [7, 11) is 0. The molecule has 0 amide bonds. The van der Waals surface area contributed by atoms with Gasteiger partial charge in [0.05, 0.1) is 11.0 Å². The normalized spacial score (nSPS) is 11.1. The summed E-state index contributed by atoms with van der Waals surface area (Å²) in [6, 6.07) is 9.24. The van der Waals surface area contributed by atoms with Crippen LogP contribution < -0.4 is 11.3 Å². The van der Waals surface area contributed by atoms with E-state index in [2.05, 4.69) is 15.0 Å². The van der Waals surface area contributed by atoms with Gasteiger partial charge in [-0.15, -0.1) is 0 Å². The lowest BCUT2D eigenvalue weighted by Crippen LogP contribution is -2.15. The van der Waals surface area contributed by atoms with Gasteiger partial charge in [-0.1, -0.05) is 12.1 Å². The first-order chi connectivity index (χ1) is 9.69. The number of nitrogens with zero attached hydrogens (tertiary/aromatic N) is 3. The van der Waals surface area contributed by atoms with Gasteiger partial charge in [0.15, 0.2) is 0 Å². The van der Waals surface area contributed by atoms with E-state index in [-0.39, 0.29) is 5.56 Å². The van der Waals surface area contributed by atoms with Crippen molar-refractivity contribution in [3.8, 4) is 5.82 Å². The van der Waals surface area contributed by atoms with Crippen LogP contribution >= 0.6 is 0 Å². The number of nitrogens with two attached hydrogens (primary N) is 1. The van der Waals surface area contributed by atoms with Gasteiger partial charge in [-0.25, -0.2) is 9.97 Å². The molecule has 0 fully saturated rings. The Kier molecular flexibility index (Phi) is 3.08. The number of rotatable bonds is 3. The Hall–Kier alpha value is -2.47. The lowest BCUT2D eigenvalue weighted by atomic mass is 10.3. The van der Waals surface area contributed by atoms with Gasteiger partial charge < -0.3 is 10.7 Å². The van der Waals surface area contributed by atoms with Crippen molar-refractivity contribution in [3.05, 3.63) is 52.3 Å². The molecular formula is C14H15N5O. The zero-order valence-electron chi connectivity index (χ0n) is 11.1. The number of benzene rings is 1. The lowest BCUT2D eigenvalue weighted by molar-refractivity contribution is 0.823. The molecule has 2 aromatic heterocycles. The molecule has 0 radical (unpaired) electrons. The predicted molar refractivity (Wildman–Crippen MR) is 77.0 cm³/mol. The summed E-state index contributed by atoms with van der Waals surface area (Å²) >= 11 is 0. The first-order valence-electron chi connectivity index (χ1n) is 6.44. The van der Waals surface area contributed by atoms with Gasteiger partial charge in [0.25, 0.3) is 5.56 Å². The summed E-state index contributed by atoms with van der Waals surface area (Å²) in [5.74, 6) is 1.96. The SMILES string of the molecule is Cc1nc(-n2c(CCN)nc3ccccc32)cc(=O)[nH]1. The minimum absolute atomic E-state index is 0.177. The van der Waals surface area contributed by atoms with Crippen molar-refractivity contribution in [2.75, 3.05) is 6.54 Å². The van der Waals surface area contributed by atoms with E-state index in [1.165, 1.54) is 6.07 Å². The van der Waals surface area contributed by atoms with Crippen molar-refractivity contribution in [3.63, 3.8) is 0 Å². The number of hydrogen-bond acceptors (Lipinski definition) is 4. The van der Waals surface area contributed by atoms with E-state index < -0.39 is 0 Å². The summed E-state index contributed by atoms with van der Waals surface area (Å²) in [5.41, 5.74) is 7.27. The zero-order valence-corrected chi connectivity index (χ0v) is 11.1. The van der Waals surface area contributed by atoms with E-state index in [1.54, 1.807) is 6.92 Å². The Morgan fingerprint density at radius 3 is 2.85 bits per heavy atom. The number of hydrogen-bond donors (Lipinski definition) is 2. The van der Waals surface area contributed by atoms with Crippen LogP contribution in [0.4, 0.5) is 0 Å². The first-order valence-corrected chi connectivity index (χ1v) is 6.44. The number of imidazole rings is 1. The third-order valence-corrected chi connectivity index (χ3v) is 3.07. The molecule has 0 aliphatic carbocycles. The monoisotopic (exact) mass is 269 g/mol. The Morgan fingerprint density at radius 2 is 2.10 bits per heavy atom. The number of H-pyrrole nitrogens is 1. The van der Waals surface area contributed by atoms with Crippen LogP contribution in [0.3, 0.4) is 0 Å². The van der Waals surface area contributed by atoms with Crippen LogP contribution in [0, 0.1) is 6.92 Å². The van der Waals surface area contributed by atoms with Gasteiger partial charge in [0, 0.05) is 12.5 Å². The van der Waals surface area contributed by atoms with Crippen LogP contribution in [0.2, 0.25) is 0 Å². The molecule has 0 atom stereocenters. The van der Waals surface area contributed by atoms with Gasteiger partial charge in [0.1, 0.15) is 17.5 Å². The predicted octanol–water partition coefficient (Wildman–Crippen LogP) is 0.918. The number of fused-ring (bicyclic) bond motifs is 1. The third kappa shape index (κ3) is 2.10. The summed E-state index contributed by atoms with van der Waals surface area (Å²) in [6.07, 6.45) is 0.627. The molecule has 0 aliphatic heterocycles. The van der Waals surface area contributed by atoms with Crippen molar-refractivity contribution in [1.29, 1.82) is 0 Å². The maximum Gasteiger partial charge on any atom is 0.253 e. The molecule has 0 bridgehead atoms. The van der Waals surface area contributed by atoms with Gasteiger partial charge >= 0.3 is 0 Å². The van der Waals surface area contributed by atoms with Crippen LogP contribution in [-0.4, -0.2) is 26.1 Å². The highest BCUT2D eigenvalue weighted by atomic mass is 16.1. The number of aromatic nitrogens is 4. The molecule has 0 unspecified atom stereocenters. The molecule has 1 aromatic carbocycles. The van der Waals surface area contributed by atoms with E-state index >= 15 is 0 Å². The van der Waals surface area contributed by atoms with Gasteiger partial charge in [-0.3, -0.25) is 9.36 Å². The highest BCUT2D eigenvalue weighted by molar-refractivity contribution is 5.77. The van der Waals surface area contributed by atoms with Gasteiger partial charge in [-0.05, 0) is 25.6 Å². The van der Waals surface area contributed by atoms with Crippen LogP contribution in [0.15, 0.2) is 35.1 Å². The van der Waals surface area contributed by atoms with Crippen LogP contribution in [0.25, 0.3) is 16.9 Å². The van der Waals surface area contributed by atoms with Crippen LogP contribution in [0.1, 0.15) is 11.6 Å². The highest BCUT2D eigenvalue weighted by Gasteiger charge is 2.13. The van der Waals surface area contributed by atoms with Crippen LogP contribution in [0.5, 0.6) is 0 Å². The molecule has 6 nitrogen and oxygen atoms in total. The number of para-hydroxylation sites is 2. The van der Waals surface area contributed by atoms with E-state index in [0.29, 0.717) is 24.6 Å².